The second-order valence-electron chi connectivity index (χ2n) is 5.26. The molecule has 100 valence electrons. The van der Waals surface area contributed by atoms with Crippen LogP contribution in [-0.2, 0) is 9.53 Å². The van der Waals surface area contributed by atoms with Gasteiger partial charge in [-0.25, -0.2) is 0 Å². The molecule has 0 fully saturated rings. The Morgan fingerprint density at radius 3 is 2.33 bits per heavy atom. The fourth-order valence-corrected chi connectivity index (χ4v) is 1.71. The van der Waals surface area contributed by atoms with Crippen LogP contribution >= 0.6 is 11.6 Å². The molecule has 18 heavy (non-hydrogen) atoms. The van der Waals surface area contributed by atoms with E-state index >= 15 is 0 Å². The summed E-state index contributed by atoms with van der Waals surface area (Å²) in [6, 6.07) is 7.27. The molecule has 0 amide bonds. The van der Waals surface area contributed by atoms with Gasteiger partial charge in [-0.3, -0.25) is 4.79 Å². The Balaban J connectivity index is 2.85. The summed E-state index contributed by atoms with van der Waals surface area (Å²) < 4.78 is 4.85. The second kappa shape index (κ2) is 6.21. The summed E-state index contributed by atoms with van der Waals surface area (Å²) in [6.07, 6.45) is 0. The standard InChI is InChI=1S/C14H20ClNO2/c1-14(2,3)16-9-12(13(17)18-4)10-5-7-11(15)8-6-10/h5-8,12,16H,9H2,1-4H3. The first kappa shape index (κ1) is 15.0. The predicted octanol–water partition coefficient (Wildman–Crippen LogP) is 2.98. The van der Waals surface area contributed by atoms with Gasteiger partial charge in [-0.1, -0.05) is 23.7 Å². The number of nitrogens with one attached hydrogen (secondary N) is 1. The van der Waals surface area contributed by atoms with Crippen LogP contribution in [0.15, 0.2) is 24.3 Å². The van der Waals surface area contributed by atoms with E-state index in [2.05, 4.69) is 26.1 Å². The van der Waals surface area contributed by atoms with Gasteiger partial charge in [0.2, 0.25) is 0 Å². The molecule has 3 nitrogen and oxygen atoms in total. The van der Waals surface area contributed by atoms with Gasteiger partial charge in [0.15, 0.2) is 0 Å². The number of methoxy groups -OCH3 is 1. The maximum Gasteiger partial charge on any atom is 0.314 e. The number of benzene rings is 1. The fourth-order valence-electron chi connectivity index (χ4n) is 1.58. The number of esters is 1. The summed E-state index contributed by atoms with van der Waals surface area (Å²) in [7, 11) is 1.41. The smallest absolute Gasteiger partial charge is 0.314 e. The minimum Gasteiger partial charge on any atom is -0.469 e. The maximum atomic E-state index is 11.8. The molecule has 1 atom stereocenters. The van der Waals surface area contributed by atoms with E-state index in [-0.39, 0.29) is 17.4 Å². The highest BCUT2D eigenvalue weighted by molar-refractivity contribution is 6.30. The van der Waals surface area contributed by atoms with Crippen LogP contribution in [-0.4, -0.2) is 25.2 Å². The third kappa shape index (κ3) is 4.67. The molecule has 0 aromatic heterocycles. The molecule has 4 heteroatoms. The average Bonchev–Trinajstić information content (AvgIpc) is 2.29. The summed E-state index contributed by atoms with van der Waals surface area (Å²) in [6.45, 7) is 6.72. The Labute approximate surface area is 113 Å². The van der Waals surface area contributed by atoms with Crippen molar-refractivity contribution in [2.75, 3.05) is 13.7 Å². The molecule has 0 saturated carbocycles. The minimum atomic E-state index is -0.313. The van der Waals surface area contributed by atoms with Gasteiger partial charge in [-0.2, -0.15) is 0 Å². The normalized spacial score (nSPS) is 13.2. The van der Waals surface area contributed by atoms with E-state index < -0.39 is 0 Å². The van der Waals surface area contributed by atoms with Gasteiger partial charge >= 0.3 is 5.97 Å². The Hall–Kier alpha value is -1.06. The highest BCUT2D eigenvalue weighted by atomic mass is 35.5. The lowest BCUT2D eigenvalue weighted by molar-refractivity contribution is -0.142. The van der Waals surface area contributed by atoms with Crippen molar-refractivity contribution in [3.05, 3.63) is 34.9 Å². The topological polar surface area (TPSA) is 38.3 Å². The third-order valence-corrected chi connectivity index (χ3v) is 2.85. The van der Waals surface area contributed by atoms with Crippen LogP contribution in [0.4, 0.5) is 0 Å². The summed E-state index contributed by atoms with van der Waals surface area (Å²) >= 11 is 5.85. The molecule has 0 aliphatic rings. The number of hydrogen-bond donors (Lipinski definition) is 1. The van der Waals surface area contributed by atoms with Gasteiger partial charge in [0.1, 0.15) is 0 Å². The van der Waals surface area contributed by atoms with E-state index in [4.69, 9.17) is 16.3 Å². The summed E-state index contributed by atoms with van der Waals surface area (Å²) in [5, 5.41) is 3.97. The van der Waals surface area contributed by atoms with Crippen molar-refractivity contribution in [3.8, 4) is 0 Å². The molecule has 0 aliphatic heterocycles. The molecular weight excluding hydrogens is 250 g/mol. The summed E-state index contributed by atoms with van der Waals surface area (Å²) in [5.74, 6) is -0.555. The van der Waals surface area contributed by atoms with Gasteiger partial charge in [-0.15, -0.1) is 0 Å². The second-order valence-corrected chi connectivity index (χ2v) is 5.69. The molecule has 0 saturated heterocycles. The van der Waals surface area contributed by atoms with Crippen molar-refractivity contribution in [3.63, 3.8) is 0 Å². The van der Waals surface area contributed by atoms with E-state index in [9.17, 15) is 4.79 Å². The van der Waals surface area contributed by atoms with Crippen molar-refractivity contribution >= 4 is 17.6 Å². The number of ether oxygens (including phenoxy) is 1. The first-order chi connectivity index (χ1) is 8.33. The zero-order valence-corrected chi connectivity index (χ0v) is 12.0. The van der Waals surface area contributed by atoms with Gasteiger partial charge in [0.25, 0.3) is 0 Å². The average molecular weight is 270 g/mol. The Kier molecular flexibility index (Phi) is 5.17. The Bertz CT molecular complexity index is 395. The van der Waals surface area contributed by atoms with Crippen molar-refractivity contribution < 1.29 is 9.53 Å². The molecule has 1 rings (SSSR count). The van der Waals surface area contributed by atoms with Crippen LogP contribution in [0.1, 0.15) is 32.3 Å². The highest BCUT2D eigenvalue weighted by Gasteiger charge is 2.23. The van der Waals surface area contributed by atoms with E-state index in [0.29, 0.717) is 11.6 Å². The van der Waals surface area contributed by atoms with Gasteiger partial charge < -0.3 is 10.1 Å². The molecule has 1 N–H and O–H groups in total. The SMILES string of the molecule is COC(=O)C(CNC(C)(C)C)c1ccc(Cl)cc1. The van der Waals surface area contributed by atoms with Gasteiger partial charge in [0.05, 0.1) is 13.0 Å². The van der Waals surface area contributed by atoms with Gasteiger partial charge in [-0.05, 0) is 38.5 Å². The van der Waals surface area contributed by atoms with Crippen LogP contribution in [0.3, 0.4) is 0 Å². The lowest BCUT2D eigenvalue weighted by atomic mass is 9.97. The van der Waals surface area contributed by atoms with Crippen molar-refractivity contribution in [2.24, 2.45) is 0 Å². The van der Waals surface area contributed by atoms with Crippen LogP contribution in [0.5, 0.6) is 0 Å². The largest absolute Gasteiger partial charge is 0.469 e. The van der Waals surface area contributed by atoms with Crippen molar-refractivity contribution in [1.82, 2.24) is 5.32 Å². The van der Waals surface area contributed by atoms with Crippen LogP contribution < -0.4 is 5.32 Å². The van der Waals surface area contributed by atoms with Crippen LogP contribution in [0, 0.1) is 0 Å². The van der Waals surface area contributed by atoms with Crippen molar-refractivity contribution in [2.45, 2.75) is 32.2 Å². The zero-order chi connectivity index (χ0) is 13.8. The maximum absolute atomic E-state index is 11.8. The first-order valence-corrected chi connectivity index (χ1v) is 6.29. The molecule has 0 bridgehead atoms. The molecule has 1 aromatic carbocycles. The molecule has 0 aliphatic carbocycles. The molecule has 0 spiro atoms. The van der Waals surface area contributed by atoms with E-state index in [1.165, 1.54) is 7.11 Å². The van der Waals surface area contributed by atoms with Crippen LogP contribution in [0.25, 0.3) is 0 Å². The van der Waals surface area contributed by atoms with E-state index in [1.54, 1.807) is 12.1 Å². The number of halogens is 1. The summed E-state index contributed by atoms with van der Waals surface area (Å²) in [5.41, 5.74) is 0.863. The number of carbonyl (C=O) groups excluding carboxylic acids is 1. The monoisotopic (exact) mass is 269 g/mol. The lowest BCUT2D eigenvalue weighted by Crippen LogP contribution is -2.40. The molecule has 1 unspecified atom stereocenters. The number of carbonyl (C=O) groups is 1. The zero-order valence-electron chi connectivity index (χ0n) is 11.3. The molecule has 1 aromatic rings. The minimum absolute atomic E-state index is 0.0430. The number of hydrogen-bond acceptors (Lipinski definition) is 3. The fraction of sp³-hybridized carbons (Fsp3) is 0.500. The summed E-state index contributed by atoms with van der Waals surface area (Å²) in [4.78, 5) is 11.8. The Morgan fingerprint density at radius 1 is 1.33 bits per heavy atom. The van der Waals surface area contributed by atoms with Crippen molar-refractivity contribution in [1.29, 1.82) is 0 Å². The number of rotatable bonds is 4. The Morgan fingerprint density at radius 2 is 1.89 bits per heavy atom. The first-order valence-electron chi connectivity index (χ1n) is 5.92. The van der Waals surface area contributed by atoms with Crippen LogP contribution in [0.2, 0.25) is 5.02 Å². The quantitative estimate of drug-likeness (QED) is 0.854. The molecule has 0 radical (unpaired) electrons. The highest BCUT2D eigenvalue weighted by Crippen LogP contribution is 2.20. The predicted molar refractivity (Wildman–Crippen MR) is 74.0 cm³/mol. The molecular formula is C14H20ClNO2. The third-order valence-electron chi connectivity index (χ3n) is 2.59. The van der Waals surface area contributed by atoms with Gasteiger partial charge in [0, 0.05) is 17.1 Å². The molecule has 0 heterocycles. The lowest BCUT2D eigenvalue weighted by Gasteiger charge is -2.24. The van der Waals surface area contributed by atoms with E-state index in [0.717, 1.165) is 5.56 Å². The van der Waals surface area contributed by atoms with E-state index in [1.807, 2.05) is 12.1 Å².